The minimum Gasteiger partial charge on any atom is -0.345 e. The lowest BCUT2D eigenvalue weighted by Crippen LogP contribution is -2.27. The molecule has 1 atom stereocenters. The van der Waals surface area contributed by atoms with Crippen LogP contribution in [0.5, 0.6) is 0 Å². The molecule has 136 valence electrons. The molecule has 1 N–H and O–H groups in total. The van der Waals surface area contributed by atoms with E-state index in [1.165, 1.54) is 0 Å². The maximum atomic E-state index is 12.5. The second-order valence-electron chi connectivity index (χ2n) is 6.79. The molecule has 1 unspecified atom stereocenters. The Morgan fingerprint density at radius 3 is 2.42 bits per heavy atom. The average molecular weight is 351 g/mol. The van der Waals surface area contributed by atoms with Crippen molar-refractivity contribution in [1.29, 1.82) is 0 Å². The minimum absolute atomic E-state index is 0.0848. The number of aryl methyl sites for hydroxylation is 3. The van der Waals surface area contributed by atoms with Gasteiger partial charge in [0.15, 0.2) is 0 Å². The van der Waals surface area contributed by atoms with Gasteiger partial charge in [0.25, 0.3) is 5.91 Å². The predicted octanol–water partition coefficient (Wildman–Crippen LogP) is 3.08. The molecule has 0 saturated heterocycles. The van der Waals surface area contributed by atoms with Gasteiger partial charge in [0.2, 0.25) is 0 Å². The van der Waals surface area contributed by atoms with E-state index in [0.29, 0.717) is 12.1 Å². The van der Waals surface area contributed by atoms with Crippen molar-refractivity contribution in [2.24, 2.45) is 7.05 Å². The van der Waals surface area contributed by atoms with E-state index in [4.69, 9.17) is 0 Å². The minimum atomic E-state index is -0.0921. The highest BCUT2D eigenvalue weighted by Crippen LogP contribution is 2.17. The van der Waals surface area contributed by atoms with E-state index in [1.54, 1.807) is 6.20 Å². The molecule has 26 heavy (non-hydrogen) atoms. The molecule has 0 aliphatic heterocycles. The molecule has 0 fully saturated rings. The summed E-state index contributed by atoms with van der Waals surface area (Å²) in [5.41, 5.74) is 5.99. The summed E-state index contributed by atoms with van der Waals surface area (Å²) in [4.78, 5) is 12.5. The first-order valence-electron chi connectivity index (χ1n) is 8.74. The number of nitrogens with one attached hydrogen (secondary N) is 1. The van der Waals surface area contributed by atoms with E-state index < -0.39 is 0 Å². The Morgan fingerprint density at radius 2 is 1.88 bits per heavy atom. The zero-order valence-corrected chi connectivity index (χ0v) is 15.9. The SMILES string of the molecule is Cc1cc(C)n(Cc2ccc(C(=O)NC(C)c3cnn(C)c3C)cc2)n1. The fraction of sp³-hybridized carbons (Fsp3) is 0.350. The summed E-state index contributed by atoms with van der Waals surface area (Å²) in [5.74, 6) is -0.0848. The lowest BCUT2D eigenvalue weighted by molar-refractivity contribution is 0.0940. The number of aromatic nitrogens is 4. The van der Waals surface area contributed by atoms with Gasteiger partial charge in [0.05, 0.1) is 24.5 Å². The smallest absolute Gasteiger partial charge is 0.251 e. The number of rotatable bonds is 5. The van der Waals surface area contributed by atoms with Crippen molar-refractivity contribution < 1.29 is 4.79 Å². The number of amides is 1. The number of nitrogens with zero attached hydrogens (tertiary/aromatic N) is 4. The molecule has 0 spiro atoms. The molecule has 2 heterocycles. The summed E-state index contributed by atoms with van der Waals surface area (Å²) >= 11 is 0. The van der Waals surface area contributed by atoms with E-state index in [0.717, 1.165) is 28.2 Å². The van der Waals surface area contributed by atoms with Crippen molar-refractivity contribution in [3.05, 3.63) is 70.3 Å². The fourth-order valence-electron chi connectivity index (χ4n) is 3.07. The Morgan fingerprint density at radius 1 is 1.19 bits per heavy atom. The number of hydrogen-bond donors (Lipinski definition) is 1. The Balaban J connectivity index is 1.67. The van der Waals surface area contributed by atoms with Crippen LogP contribution in [0.15, 0.2) is 36.5 Å². The largest absolute Gasteiger partial charge is 0.345 e. The van der Waals surface area contributed by atoms with Crippen LogP contribution in [0, 0.1) is 20.8 Å². The molecule has 0 radical (unpaired) electrons. The van der Waals surface area contributed by atoms with E-state index >= 15 is 0 Å². The molecule has 0 aliphatic carbocycles. The monoisotopic (exact) mass is 351 g/mol. The summed E-state index contributed by atoms with van der Waals surface area (Å²) in [6, 6.07) is 9.64. The molecule has 6 nitrogen and oxygen atoms in total. The summed E-state index contributed by atoms with van der Waals surface area (Å²) in [7, 11) is 1.90. The summed E-state index contributed by atoms with van der Waals surface area (Å²) in [6.45, 7) is 8.70. The van der Waals surface area contributed by atoms with E-state index in [-0.39, 0.29) is 11.9 Å². The molecule has 0 saturated carbocycles. The third kappa shape index (κ3) is 3.69. The highest BCUT2D eigenvalue weighted by Gasteiger charge is 2.15. The maximum Gasteiger partial charge on any atom is 0.251 e. The quantitative estimate of drug-likeness (QED) is 0.768. The molecule has 0 aliphatic rings. The lowest BCUT2D eigenvalue weighted by atomic mass is 10.1. The highest BCUT2D eigenvalue weighted by molar-refractivity contribution is 5.94. The van der Waals surface area contributed by atoms with Crippen LogP contribution < -0.4 is 5.32 Å². The van der Waals surface area contributed by atoms with Gasteiger partial charge in [-0.05, 0) is 51.5 Å². The van der Waals surface area contributed by atoms with Crippen molar-refractivity contribution in [3.63, 3.8) is 0 Å². The zero-order chi connectivity index (χ0) is 18.8. The Bertz CT molecular complexity index is 920. The van der Waals surface area contributed by atoms with Crippen LogP contribution in [0.1, 0.15) is 51.5 Å². The third-order valence-electron chi connectivity index (χ3n) is 4.74. The van der Waals surface area contributed by atoms with Crippen molar-refractivity contribution in [1.82, 2.24) is 24.9 Å². The van der Waals surface area contributed by atoms with Crippen LogP contribution in [0.25, 0.3) is 0 Å². The van der Waals surface area contributed by atoms with Crippen LogP contribution in [0.4, 0.5) is 0 Å². The molecule has 1 aromatic carbocycles. The van der Waals surface area contributed by atoms with Gasteiger partial charge in [-0.1, -0.05) is 12.1 Å². The number of benzene rings is 1. The second kappa shape index (κ2) is 7.15. The van der Waals surface area contributed by atoms with Gasteiger partial charge in [0.1, 0.15) is 0 Å². The van der Waals surface area contributed by atoms with E-state index in [2.05, 4.69) is 21.6 Å². The van der Waals surface area contributed by atoms with E-state index in [1.807, 2.05) is 68.4 Å². The van der Waals surface area contributed by atoms with E-state index in [9.17, 15) is 4.79 Å². The first kappa shape index (κ1) is 17.9. The first-order chi connectivity index (χ1) is 12.3. The summed E-state index contributed by atoms with van der Waals surface area (Å²) < 4.78 is 3.78. The molecular weight excluding hydrogens is 326 g/mol. The molecular formula is C20H25N5O. The Kier molecular flexibility index (Phi) is 4.93. The Hall–Kier alpha value is -2.89. The highest BCUT2D eigenvalue weighted by atomic mass is 16.1. The predicted molar refractivity (Wildman–Crippen MR) is 101 cm³/mol. The van der Waals surface area contributed by atoms with Crippen LogP contribution in [0.2, 0.25) is 0 Å². The van der Waals surface area contributed by atoms with Crippen molar-refractivity contribution in [2.45, 2.75) is 40.3 Å². The van der Waals surface area contributed by atoms with Crippen molar-refractivity contribution >= 4 is 5.91 Å². The van der Waals surface area contributed by atoms with Gasteiger partial charge in [-0.2, -0.15) is 10.2 Å². The van der Waals surface area contributed by atoms with Gasteiger partial charge in [0, 0.05) is 29.6 Å². The van der Waals surface area contributed by atoms with Gasteiger partial charge < -0.3 is 5.32 Å². The number of carbonyl (C=O) groups is 1. The van der Waals surface area contributed by atoms with Crippen LogP contribution in [0.3, 0.4) is 0 Å². The molecule has 3 rings (SSSR count). The second-order valence-corrected chi connectivity index (χ2v) is 6.79. The molecule has 6 heteroatoms. The normalized spacial score (nSPS) is 12.2. The number of hydrogen-bond acceptors (Lipinski definition) is 3. The number of carbonyl (C=O) groups excluding carboxylic acids is 1. The fourth-order valence-corrected chi connectivity index (χ4v) is 3.07. The van der Waals surface area contributed by atoms with Gasteiger partial charge >= 0.3 is 0 Å². The summed E-state index contributed by atoms with van der Waals surface area (Å²) in [6.07, 6.45) is 1.80. The van der Waals surface area contributed by atoms with Crippen LogP contribution in [-0.4, -0.2) is 25.5 Å². The first-order valence-corrected chi connectivity index (χ1v) is 8.74. The average Bonchev–Trinajstić information content (AvgIpc) is 3.10. The summed E-state index contributed by atoms with van der Waals surface area (Å²) in [5, 5.41) is 11.7. The molecule has 0 bridgehead atoms. The topological polar surface area (TPSA) is 64.7 Å². The van der Waals surface area contributed by atoms with Gasteiger partial charge in [-0.3, -0.25) is 14.2 Å². The lowest BCUT2D eigenvalue weighted by Gasteiger charge is -2.14. The van der Waals surface area contributed by atoms with Crippen molar-refractivity contribution in [2.75, 3.05) is 0 Å². The zero-order valence-electron chi connectivity index (χ0n) is 15.9. The standard InChI is InChI=1S/C20H25N5O/c1-13-10-14(2)25(23-13)12-17-6-8-18(9-7-17)20(26)22-15(3)19-11-21-24(5)16(19)4/h6-11,15H,12H2,1-5H3,(H,22,26). The van der Waals surface area contributed by atoms with Crippen molar-refractivity contribution in [3.8, 4) is 0 Å². The van der Waals surface area contributed by atoms with Gasteiger partial charge in [-0.25, -0.2) is 0 Å². The maximum absolute atomic E-state index is 12.5. The Labute approximate surface area is 153 Å². The van der Waals surface area contributed by atoms with Crippen LogP contribution >= 0.6 is 0 Å². The van der Waals surface area contributed by atoms with Crippen LogP contribution in [-0.2, 0) is 13.6 Å². The third-order valence-corrected chi connectivity index (χ3v) is 4.74. The molecule has 2 aromatic heterocycles. The van der Waals surface area contributed by atoms with Gasteiger partial charge in [-0.15, -0.1) is 0 Å². The molecule has 3 aromatic rings. The molecule has 1 amide bonds.